The van der Waals surface area contributed by atoms with Gasteiger partial charge in [-0.2, -0.15) is 0 Å². The SMILES string of the molecule is CC[C@H](C)[C@H](NC(=O)[C@H](CCCCN)NC(=O)[C@H](Cc1ccccc1)NC(=O)[C@H](CCCN=C(N)N)NC(=O)[C@H](CCCN=C(N)N)NC(C)=O)C(=O)N[C@@H](Cc1ccccc1)C(=O)C(=O)NCCCCc1ccccc1. The van der Waals surface area contributed by atoms with Crippen LogP contribution in [0.1, 0.15) is 102 Å². The fourth-order valence-corrected chi connectivity index (χ4v) is 8.25. The fourth-order valence-electron chi connectivity index (χ4n) is 8.25. The maximum atomic E-state index is 14.6. The number of benzene rings is 3. The highest BCUT2D eigenvalue weighted by atomic mass is 16.2. The molecule has 0 aromatic heterocycles. The minimum absolute atomic E-state index is 0.00229. The van der Waals surface area contributed by atoms with Crippen molar-refractivity contribution in [3.63, 3.8) is 0 Å². The van der Waals surface area contributed by atoms with Crippen LogP contribution in [0, 0.1) is 5.92 Å². The third-order valence-electron chi connectivity index (χ3n) is 12.7. The lowest BCUT2D eigenvalue weighted by Gasteiger charge is -2.29. The lowest BCUT2D eigenvalue weighted by molar-refractivity contribution is -0.140. The largest absolute Gasteiger partial charge is 0.370 e. The van der Waals surface area contributed by atoms with E-state index in [4.69, 9.17) is 28.7 Å². The van der Waals surface area contributed by atoms with E-state index in [0.29, 0.717) is 49.8 Å². The number of ketones is 1. The first-order chi connectivity index (χ1) is 36.9. The van der Waals surface area contributed by atoms with Crippen LogP contribution in [0.4, 0.5) is 0 Å². The summed E-state index contributed by atoms with van der Waals surface area (Å²) in [7, 11) is 0. The van der Waals surface area contributed by atoms with Gasteiger partial charge in [-0.05, 0) is 93.4 Å². The molecular formula is C55H82N14O8. The van der Waals surface area contributed by atoms with Gasteiger partial charge in [0.05, 0.1) is 0 Å². The van der Waals surface area contributed by atoms with E-state index in [1.807, 2.05) is 37.3 Å². The molecule has 3 rings (SSSR count). The molecule has 0 saturated heterocycles. The Labute approximate surface area is 452 Å². The minimum atomic E-state index is -1.31. The zero-order valence-electron chi connectivity index (χ0n) is 44.8. The Morgan fingerprint density at radius 3 is 1.40 bits per heavy atom. The number of nitrogens with one attached hydrogen (secondary N) is 7. The van der Waals surface area contributed by atoms with Crippen LogP contribution < -0.4 is 65.9 Å². The van der Waals surface area contributed by atoms with E-state index in [-0.39, 0.29) is 70.1 Å². The van der Waals surface area contributed by atoms with E-state index in [1.165, 1.54) is 6.92 Å². The second kappa shape index (κ2) is 35.4. The molecule has 0 aliphatic rings. The van der Waals surface area contributed by atoms with Crippen molar-refractivity contribution < 1.29 is 38.4 Å². The smallest absolute Gasteiger partial charge is 0.289 e. The number of nitrogens with zero attached hydrogens (tertiary/aromatic N) is 2. The number of unbranched alkanes of at least 4 members (excludes halogenated alkanes) is 2. The van der Waals surface area contributed by atoms with Gasteiger partial charge >= 0.3 is 0 Å². The third-order valence-corrected chi connectivity index (χ3v) is 12.7. The van der Waals surface area contributed by atoms with Gasteiger partial charge in [-0.1, -0.05) is 111 Å². The molecule has 22 nitrogen and oxygen atoms in total. The summed E-state index contributed by atoms with van der Waals surface area (Å²) in [6, 6.07) is 20.3. The molecular weight excluding hydrogens is 985 g/mol. The van der Waals surface area contributed by atoms with Gasteiger partial charge in [0.15, 0.2) is 11.9 Å². The Bertz CT molecular complexity index is 2380. The molecule has 0 bridgehead atoms. The van der Waals surface area contributed by atoms with Gasteiger partial charge in [-0.15, -0.1) is 0 Å². The summed E-state index contributed by atoms with van der Waals surface area (Å²) in [5, 5.41) is 19.2. The normalized spacial score (nSPS) is 13.6. The number of hydrogen-bond acceptors (Lipinski definition) is 11. The number of aryl methyl sites for hydroxylation is 1. The van der Waals surface area contributed by atoms with Gasteiger partial charge in [0.2, 0.25) is 41.2 Å². The van der Waals surface area contributed by atoms with Crippen molar-refractivity contribution in [2.75, 3.05) is 26.2 Å². The first-order valence-electron chi connectivity index (χ1n) is 26.5. The van der Waals surface area contributed by atoms with E-state index in [9.17, 15) is 38.4 Å². The van der Waals surface area contributed by atoms with Crippen molar-refractivity contribution in [2.24, 2.45) is 44.6 Å². The third kappa shape index (κ3) is 25.0. The number of nitrogens with two attached hydrogens (primary N) is 5. The molecule has 7 atom stereocenters. The standard InChI is InChI=1S/C55H82N14O8/c1-4-36(2)46(52(76)67-44(34-39-23-10-6-11-24-39)47(71)53(77)61-31-17-15-22-38-20-8-5-9-21-38)69-50(74)42(27-14-16-30-56)66-51(75)45(35-40-25-12-7-13-26-40)68-49(73)43(29-19-33-63-55(59)60)65-48(72)41(64-37(3)70)28-18-32-62-54(57)58/h5-13,20-21,23-26,36,41-46H,4,14-19,22,27-35,56H2,1-3H3,(H,61,77)(H,64,70)(H,65,72)(H,66,75)(H,67,76)(H,68,73)(H,69,74)(H4,57,58,62)(H4,59,60,63)/t36-,41-,42-,43-,44-,45-,46-/m0/s1. The summed E-state index contributed by atoms with van der Waals surface area (Å²) >= 11 is 0. The molecule has 0 spiro atoms. The van der Waals surface area contributed by atoms with Gasteiger partial charge < -0.3 is 65.9 Å². The molecule has 7 amide bonds. The fraction of sp³-hybridized carbons (Fsp3) is 0.491. The quantitative estimate of drug-likeness (QED) is 0.0163. The molecule has 0 unspecified atom stereocenters. The summed E-state index contributed by atoms with van der Waals surface area (Å²) in [4.78, 5) is 119. The lowest BCUT2D eigenvalue weighted by atomic mass is 9.95. The number of aliphatic imine (C=N–C) groups is 2. The maximum absolute atomic E-state index is 14.6. The zero-order chi connectivity index (χ0) is 56.5. The number of carbonyl (C=O) groups excluding carboxylic acids is 8. The Kier molecular flexibility index (Phi) is 29.1. The minimum Gasteiger partial charge on any atom is -0.370 e. The van der Waals surface area contributed by atoms with Crippen LogP contribution in [-0.4, -0.2) is 121 Å². The monoisotopic (exact) mass is 1070 g/mol. The van der Waals surface area contributed by atoms with E-state index < -0.39 is 89.3 Å². The van der Waals surface area contributed by atoms with E-state index in [0.717, 1.165) is 18.4 Å². The molecule has 420 valence electrons. The summed E-state index contributed by atoms with van der Waals surface area (Å²) < 4.78 is 0. The second-order valence-electron chi connectivity index (χ2n) is 19.0. The number of rotatable bonds is 36. The van der Waals surface area contributed by atoms with Crippen molar-refractivity contribution in [2.45, 2.75) is 140 Å². The van der Waals surface area contributed by atoms with E-state index in [1.54, 1.807) is 67.6 Å². The van der Waals surface area contributed by atoms with Gasteiger partial charge in [-0.3, -0.25) is 48.3 Å². The highest BCUT2D eigenvalue weighted by Gasteiger charge is 2.36. The van der Waals surface area contributed by atoms with Gasteiger partial charge in [0.1, 0.15) is 36.3 Å². The van der Waals surface area contributed by atoms with Crippen LogP contribution in [0.3, 0.4) is 0 Å². The van der Waals surface area contributed by atoms with Crippen LogP contribution in [0.5, 0.6) is 0 Å². The average molecular weight is 1070 g/mol. The highest BCUT2D eigenvalue weighted by molar-refractivity contribution is 6.38. The van der Waals surface area contributed by atoms with Crippen molar-refractivity contribution in [3.8, 4) is 0 Å². The summed E-state index contributed by atoms with van der Waals surface area (Å²) in [5.74, 6) is -6.60. The molecule has 17 N–H and O–H groups in total. The van der Waals surface area contributed by atoms with E-state index >= 15 is 0 Å². The molecule has 3 aromatic carbocycles. The second-order valence-corrected chi connectivity index (χ2v) is 19.0. The Morgan fingerprint density at radius 1 is 0.494 bits per heavy atom. The molecule has 77 heavy (non-hydrogen) atoms. The summed E-state index contributed by atoms with van der Waals surface area (Å²) in [6.45, 7) is 5.66. The maximum Gasteiger partial charge on any atom is 0.289 e. The Hall–Kier alpha value is -7.88. The molecule has 0 saturated carbocycles. The molecule has 0 fully saturated rings. The van der Waals surface area contributed by atoms with Crippen molar-refractivity contribution in [1.29, 1.82) is 0 Å². The van der Waals surface area contributed by atoms with Crippen LogP contribution in [-0.2, 0) is 57.6 Å². The highest BCUT2D eigenvalue weighted by Crippen LogP contribution is 2.14. The summed E-state index contributed by atoms with van der Waals surface area (Å²) in [6.07, 6.45) is 4.23. The molecule has 22 heteroatoms. The van der Waals surface area contributed by atoms with Gasteiger partial charge in [-0.25, -0.2) is 0 Å². The summed E-state index contributed by atoms with van der Waals surface area (Å²) in [5.41, 5.74) is 30.3. The first-order valence-corrected chi connectivity index (χ1v) is 26.5. The molecule has 0 aliphatic carbocycles. The number of hydrogen-bond donors (Lipinski definition) is 12. The predicted octanol–water partition coefficient (Wildman–Crippen LogP) is 0.391. The van der Waals surface area contributed by atoms with Crippen LogP contribution >= 0.6 is 0 Å². The Morgan fingerprint density at radius 2 is 0.922 bits per heavy atom. The topological polar surface area (TPSA) is 376 Å². The van der Waals surface area contributed by atoms with Crippen LogP contribution in [0.2, 0.25) is 0 Å². The van der Waals surface area contributed by atoms with Crippen molar-refractivity contribution in [1.82, 2.24) is 37.2 Å². The molecule has 3 aromatic rings. The van der Waals surface area contributed by atoms with Crippen LogP contribution in [0.25, 0.3) is 0 Å². The van der Waals surface area contributed by atoms with Crippen molar-refractivity contribution in [3.05, 3.63) is 108 Å². The number of carbonyl (C=O) groups is 8. The molecule has 0 aliphatic heterocycles. The van der Waals surface area contributed by atoms with Gasteiger partial charge in [0.25, 0.3) is 5.91 Å². The predicted molar refractivity (Wildman–Crippen MR) is 297 cm³/mol. The average Bonchev–Trinajstić information content (AvgIpc) is 3.41. The lowest BCUT2D eigenvalue weighted by Crippen LogP contribution is -2.61. The molecule has 0 radical (unpaired) electrons. The zero-order valence-corrected chi connectivity index (χ0v) is 44.8. The van der Waals surface area contributed by atoms with Crippen molar-refractivity contribution >= 4 is 59.1 Å². The van der Waals surface area contributed by atoms with Gasteiger partial charge in [0, 0.05) is 39.4 Å². The number of Topliss-reactive ketones (excluding diaryl/α,β-unsaturated/α-hetero) is 1. The number of amides is 7. The first kappa shape index (κ1) is 63.4. The Balaban J connectivity index is 1.90. The number of guanidine groups is 2. The van der Waals surface area contributed by atoms with Crippen LogP contribution in [0.15, 0.2) is 101 Å². The van der Waals surface area contributed by atoms with E-state index in [2.05, 4.69) is 47.2 Å². The molecule has 0 heterocycles.